The first kappa shape index (κ1) is 29.8. The van der Waals surface area contributed by atoms with Gasteiger partial charge in [-0.2, -0.15) is 0 Å². The van der Waals surface area contributed by atoms with Crippen LogP contribution in [0.5, 0.6) is 0 Å². The summed E-state index contributed by atoms with van der Waals surface area (Å²) in [7, 11) is 0. The van der Waals surface area contributed by atoms with Crippen LogP contribution in [-0.4, -0.2) is 14.5 Å². The van der Waals surface area contributed by atoms with E-state index in [1.807, 2.05) is 11.3 Å². The number of fused-ring (bicyclic) bond motifs is 18. The Morgan fingerprint density at radius 3 is 1.78 bits per heavy atom. The van der Waals surface area contributed by atoms with Crippen molar-refractivity contribution in [3.8, 4) is 17.2 Å². The molecule has 0 unspecified atom stereocenters. The molecular formula is C50H27N3S2. The lowest BCUT2D eigenvalue weighted by molar-refractivity contribution is 1.02. The molecule has 0 saturated carbocycles. The van der Waals surface area contributed by atoms with Crippen LogP contribution in [-0.2, 0) is 0 Å². The Kier molecular flexibility index (Phi) is 5.93. The van der Waals surface area contributed by atoms with E-state index in [1.165, 1.54) is 78.7 Å². The molecule has 0 amide bonds. The molecule has 13 aromatic rings. The first-order valence-corrected chi connectivity index (χ1v) is 20.2. The van der Waals surface area contributed by atoms with Gasteiger partial charge in [0.1, 0.15) is 0 Å². The van der Waals surface area contributed by atoms with Crippen LogP contribution in [0.4, 0.5) is 0 Å². The van der Waals surface area contributed by atoms with E-state index in [0.29, 0.717) is 5.95 Å². The average Bonchev–Trinajstić information content (AvgIpc) is 3.93. The van der Waals surface area contributed by atoms with Gasteiger partial charge in [0.05, 0.1) is 26.9 Å². The van der Waals surface area contributed by atoms with Crippen molar-refractivity contribution in [2.45, 2.75) is 0 Å². The van der Waals surface area contributed by atoms with E-state index in [2.05, 4.69) is 168 Å². The van der Waals surface area contributed by atoms with Gasteiger partial charge in [0.15, 0.2) is 0 Å². The van der Waals surface area contributed by atoms with E-state index >= 15 is 0 Å². The van der Waals surface area contributed by atoms with Crippen molar-refractivity contribution in [3.63, 3.8) is 0 Å². The molecule has 0 aliphatic carbocycles. The molecule has 254 valence electrons. The van der Waals surface area contributed by atoms with Crippen LogP contribution in [0.15, 0.2) is 164 Å². The van der Waals surface area contributed by atoms with E-state index in [4.69, 9.17) is 9.97 Å². The van der Waals surface area contributed by atoms with E-state index in [0.717, 1.165) is 37.9 Å². The van der Waals surface area contributed by atoms with Gasteiger partial charge in [0.2, 0.25) is 5.95 Å². The summed E-state index contributed by atoms with van der Waals surface area (Å²) in [5, 5.41) is 16.1. The smallest absolute Gasteiger partial charge is 0.235 e. The summed E-state index contributed by atoms with van der Waals surface area (Å²) in [6.07, 6.45) is 0. The largest absolute Gasteiger partial charge is 0.277 e. The highest BCUT2D eigenvalue weighted by molar-refractivity contribution is 7.26. The standard InChI is InChI=1S/C50H27N3S2/c1-2-13-29-28(12-1)24-25-38-45-39(27-26-34-32-16-4-3-14-30(32)31-15-5-6-17-33(31)44(34)45)53(48(29)38)50-51-46-36-19-8-10-22-41(36)55-49(46)47(52-50)37-20-11-23-42-43(37)35-18-7-9-21-40(35)54-42/h1-27H. The van der Waals surface area contributed by atoms with Crippen LogP contribution in [0.3, 0.4) is 0 Å². The summed E-state index contributed by atoms with van der Waals surface area (Å²) in [6.45, 7) is 0. The Morgan fingerprint density at radius 2 is 0.982 bits per heavy atom. The molecule has 0 radical (unpaired) electrons. The molecule has 0 aliphatic heterocycles. The van der Waals surface area contributed by atoms with Crippen molar-refractivity contribution in [2.75, 3.05) is 0 Å². The Bertz CT molecular complexity index is 3760. The molecule has 9 aromatic carbocycles. The minimum Gasteiger partial charge on any atom is -0.277 e. The molecule has 0 fully saturated rings. The zero-order valence-corrected chi connectivity index (χ0v) is 30.9. The molecule has 4 aromatic heterocycles. The lowest BCUT2D eigenvalue weighted by Crippen LogP contribution is -2.03. The van der Waals surface area contributed by atoms with E-state index in [9.17, 15) is 0 Å². The van der Waals surface area contributed by atoms with E-state index in [-0.39, 0.29) is 0 Å². The van der Waals surface area contributed by atoms with Crippen LogP contribution in [0.1, 0.15) is 0 Å². The molecule has 5 heteroatoms. The van der Waals surface area contributed by atoms with E-state index in [1.54, 1.807) is 11.3 Å². The summed E-state index contributed by atoms with van der Waals surface area (Å²) in [5.41, 5.74) is 5.33. The average molecular weight is 734 g/mol. The number of thiophene rings is 2. The minimum atomic E-state index is 0.684. The highest BCUT2D eigenvalue weighted by atomic mass is 32.1. The van der Waals surface area contributed by atoms with Crippen LogP contribution in [0.2, 0.25) is 0 Å². The van der Waals surface area contributed by atoms with Crippen molar-refractivity contribution in [1.82, 2.24) is 14.5 Å². The second-order valence-electron chi connectivity index (χ2n) is 14.4. The van der Waals surface area contributed by atoms with Gasteiger partial charge in [-0.15, -0.1) is 22.7 Å². The molecule has 0 spiro atoms. The van der Waals surface area contributed by atoms with Gasteiger partial charge in [-0.05, 0) is 56.6 Å². The molecule has 0 N–H and O–H groups in total. The molecule has 13 rings (SSSR count). The predicted molar refractivity (Wildman–Crippen MR) is 238 cm³/mol. The molecule has 0 bridgehead atoms. The molecule has 55 heavy (non-hydrogen) atoms. The van der Waals surface area contributed by atoms with Crippen LogP contribution in [0.25, 0.3) is 123 Å². The molecule has 0 saturated heterocycles. The molecule has 4 heterocycles. The van der Waals surface area contributed by atoms with Crippen LogP contribution in [0, 0.1) is 0 Å². The van der Waals surface area contributed by atoms with Gasteiger partial charge in [-0.3, -0.25) is 4.57 Å². The Morgan fingerprint density at radius 1 is 0.382 bits per heavy atom. The summed E-state index contributed by atoms with van der Waals surface area (Å²) < 4.78 is 7.23. The fraction of sp³-hybridized carbons (Fsp3) is 0. The maximum atomic E-state index is 5.71. The van der Waals surface area contributed by atoms with Gasteiger partial charge in [0.25, 0.3) is 0 Å². The maximum Gasteiger partial charge on any atom is 0.235 e. The second kappa shape index (κ2) is 11.0. The molecule has 3 nitrogen and oxygen atoms in total. The summed E-state index contributed by atoms with van der Waals surface area (Å²) in [6, 6.07) is 59.8. The summed E-state index contributed by atoms with van der Waals surface area (Å²) >= 11 is 3.63. The summed E-state index contributed by atoms with van der Waals surface area (Å²) in [5.74, 6) is 0.684. The van der Waals surface area contributed by atoms with E-state index < -0.39 is 0 Å². The zero-order valence-electron chi connectivity index (χ0n) is 29.2. The summed E-state index contributed by atoms with van der Waals surface area (Å²) in [4.78, 5) is 11.3. The normalized spacial score (nSPS) is 12.4. The van der Waals surface area contributed by atoms with Crippen molar-refractivity contribution < 1.29 is 0 Å². The van der Waals surface area contributed by atoms with Crippen molar-refractivity contribution in [2.24, 2.45) is 0 Å². The first-order chi connectivity index (χ1) is 27.3. The highest BCUT2D eigenvalue weighted by Crippen LogP contribution is 2.47. The predicted octanol–water partition coefficient (Wildman–Crippen LogP) is 14.6. The second-order valence-corrected chi connectivity index (χ2v) is 16.6. The highest BCUT2D eigenvalue weighted by Gasteiger charge is 2.24. The fourth-order valence-electron chi connectivity index (χ4n) is 9.30. The molecule has 0 atom stereocenters. The van der Waals surface area contributed by atoms with Gasteiger partial charge in [0, 0.05) is 57.4 Å². The third-order valence-electron chi connectivity index (χ3n) is 11.6. The SMILES string of the molecule is c1ccc2c(c1)ccc1c3c4c5ccccc5c5ccccc5c4ccc3n(-c3nc(-c4cccc5sc6ccccc6c45)c4sc5ccccc5c4n3)c21. The van der Waals surface area contributed by atoms with Crippen molar-refractivity contribution >= 4 is 128 Å². The van der Waals surface area contributed by atoms with Crippen LogP contribution < -0.4 is 0 Å². The third kappa shape index (κ3) is 3.98. The monoisotopic (exact) mass is 733 g/mol. The molecular weight excluding hydrogens is 707 g/mol. The van der Waals surface area contributed by atoms with Crippen LogP contribution >= 0.6 is 22.7 Å². The Labute approximate surface area is 322 Å². The Hall–Kier alpha value is -6.66. The third-order valence-corrected chi connectivity index (χ3v) is 13.9. The van der Waals surface area contributed by atoms with Gasteiger partial charge in [-0.1, -0.05) is 140 Å². The Balaban J connectivity index is 1.25. The topological polar surface area (TPSA) is 30.7 Å². The number of benzene rings is 9. The first-order valence-electron chi connectivity index (χ1n) is 18.6. The quantitative estimate of drug-likeness (QED) is 0.166. The van der Waals surface area contributed by atoms with Gasteiger partial charge in [-0.25, -0.2) is 9.97 Å². The zero-order chi connectivity index (χ0) is 35.8. The number of hydrogen-bond acceptors (Lipinski definition) is 4. The number of rotatable bonds is 2. The van der Waals surface area contributed by atoms with Gasteiger partial charge >= 0.3 is 0 Å². The van der Waals surface area contributed by atoms with Crippen molar-refractivity contribution in [3.05, 3.63) is 164 Å². The minimum absolute atomic E-state index is 0.684. The number of hydrogen-bond donors (Lipinski definition) is 0. The lowest BCUT2D eigenvalue weighted by Gasteiger charge is -2.13. The fourth-order valence-corrected chi connectivity index (χ4v) is 11.6. The maximum absolute atomic E-state index is 5.71. The van der Waals surface area contributed by atoms with Gasteiger partial charge < -0.3 is 0 Å². The van der Waals surface area contributed by atoms with Crippen molar-refractivity contribution in [1.29, 1.82) is 0 Å². The number of aromatic nitrogens is 3. The molecule has 0 aliphatic rings. The lowest BCUT2D eigenvalue weighted by atomic mass is 9.91. The number of nitrogens with zero attached hydrogens (tertiary/aromatic N) is 3.